The van der Waals surface area contributed by atoms with Crippen LogP contribution in [0.15, 0.2) is 22.6 Å². The highest BCUT2D eigenvalue weighted by Gasteiger charge is 2.21. The van der Waals surface area contributed by atoms with Crippen LogP contribution in [0, 0.1) is 17.6 Å². The second-order valence-electron chi connectivity index (χ2n) is 5.55. The molecule has 0 unspecified atom stereocenters. The molecule has 0 fully saturated rings. The van der Waals surface area contributed by atoms with E-state index in [-0.39, 0.29) is 5.75 Å². The van der Waals surface area contributed by atoms with Crippen molar-refractivity contribution in [1.29, 1.82) is 0 Å². The standard InChI is InChI=1S/C15H18F2N2O2S/c1-9(2)6-14-18-19-15(21-14)10(3)22(20)8-11-4-5-12(16)13(17)7-11/h4-5,7,9-10H,6,8H2,1-3H3/t10-,22-/m1/s1. The van der Waals surface area contributed by atoms with E-state index in [2.05, 4.69) is 10.2 Å². The molecular formula is C15H18F2N2O2S. The van der Waals surface area contributed by atoms with Crippen LogP contribution in [0.25, 0.3) is 0 Å². The Bertz CT molecular complexity index is 673. The molecule has 4 nitrogen and oxygen atoms in total. The van der Waals surface area contributed by atoms with Crippen LogP contribution in [-0.4, -0.2) is 14.4 Å². The fourth-order valence-electron chi connectivity index (χ4n) is 1.89. The highest BCUT2D eigenvalue weighted by Crippen LogP contribution is 2.22. The number of benzene rings is 1. The summed E-state index contributed by atoms with van der Waals surface area (Å²) in [5.74, 6) is -0.563. The van der Waals surface area contributed by atoms with Gasteiger partial charge in [-0.15, -0.1) is 10.2 Å². The van der Waals surface area contributed by atoms with Gasteiger partial charge in [0.1, 0.15) is 5.25 Å². The lowest BCUT2D eigenvalue weighted by atomic mass is 10.1. The normalized spacial score (nSPS) is 14.3. The van der Waals surface area contributed by atoms with Gasteiger partial charge in [0.2, 0.25) is 11.8 Å². The minimum Gasteiger partial charge on any atom is -0.424 e. The van der Waals surface area contributed by atoms with Gasteiger partial charge in [0.25, 0.3) is 0 Å². The number of hydrogen-bond donors (Lipinski definition) is 0. The lowest BCUT2D eigenvalue weighted by Crippen LogP contribution is -2.06. The summed E-state index contributed by atoms with van der Waals surface area (Å²) in [7, 11) is -1.37. The summed E-state index contributed by atoms with van der Waals surface area (Å²) in [6.07, 6.45) is 0.662. The molecule has 0 aliphatic rings. The van der Waals surface area contributed by atoms with Gasteiger partial charge < -0.3 is 4.42 Å². The maximum Gasteiger partial charge on any atom is 0.231 e. The average molecular weight is 328 g/mol. The van der Waals surface area contributed by atoms with Crippen molar-refractivity contribution in [3.8, 4) is 0 Å². The lowest BCUT2D eigenvalue weighted by Gasteiger charge is -2.07. The van der Waals surface area contributed by atoms with E-state index in [1.807, 2.05) is 13.8 Å². The topological polar surface area (TPSA) is 56.0 Å². The van der Waals surface area contributed by atoms with E-state index < -0.39 is 27.7 Å². The summed E-state index contributed by atoms with van der Waals surface area (Å²) in [5.41, 5.74) is 0.464. The summed E-state index contributed by atoms with van der Waals surface area (Å²) in [5, 5.41) is 7.38. The van der Waals surface area contributed by atoms with Gasteiger partial charge in [0.15, 0.2) is 11.6 Å². The molecule has 0 saturated carbocycles. The molecule has 1 aromatic heterocycles. The summed E-state index contributed by atoms with van der Waals surface area (Å²) in [4.78, 5) is 0. The Morgan fingerprint density at radius 2 is 1.91 bits per heavy atom. The summed E-state index contributed by atoms with van der Waals surface area (Å²) >= 11 is 0. The third-order valence-electron chi connectivity index (χ3n) is 3.10. The average Bonchev–Trinajstić information content (AvgIpc) is 2.89. The maximum absolute atomic E-state index is 13.2. The monoisotopic (exact) mass is 328 g/mol. The van der Waals surface area contributed by atoms with E-state index in [1.165, 1.54) is 6.07 Å². The van der Waals surface area contributed by atoms with Crippen molar-refractivity contribution < 1.29 is 17.4 Å². The van der Waals surface area contributed by atoms with Crippen molar-refractivity contribution in [2.24, 2.45) is 5.92 Å². The van der Waals surface area contributed by atoms with Gasteiger partial charge in [-0.25, -0.2) is 8.78 Å². The fourth-order valence-corrected chi connectivity index (χ4v) is 2.97. The Kier molecular flexibility index (Phi) is 5.39. The SMILES string of the molecule is CC(C)Cc1nnc([C@@H](C)[S@](=O)Cc2ccc(F)c(F)c2)o1. The summed E-state index contributed by atoms with van der Waals surface area (Å²) in [6, 6.07) is 3.50. The molecule has 0 N–H and O–H groups in total. The Hall–Kier alpha value is -1.63. The van der Waals surface area contributed by atoms with Crippen molar-refractivity contribution in [2.45, 2.75) is 38.2 Å². The first-order valence-electron chi connectivity index (χ1n) is 7.00. The number of aromatic nitrogens is 2. The molecule has 2 atom stereocenters. The quantitative estimate of drug-likeness (QED) is 0.813. The van der Waals surface area contributed by atoms with Crippen molar-refractivity contribution in [3.05, 3.63) is 47.2 Å². The molecule has 1 aromatic carbocycles. The molecular weight excluding hydrogens is 310 g/mol. The zero-order chi connectivity index (χ0) is 16.3. The Balaban J connectivity index is 2.05. The molecule has 0 amide bonds. The molecule has 0 radical (unpaired) electrons. The van der Waals surface area contributed by atoms with Crippen molar-refractivity contribution in [1.82, 2.24) is 10.2 Å². The smallest absolute Gasteiger partial charge is 0.231 e. The second kappa shape index (κ2) is 7.09. The third-order valence-corrected chi connectivity index (χ3v) is 4.71. The van der Waals surface area contributed by atoms with E-state index in [9.17, 15) is 13.0 Å². The number of rotatable bonds is 6. The van der Waals surface area contributed by atoms with Crippen LogP contribution in [0.2, 0.25) is 0 Å². The molecule has 7 heteroatoms. The van der Waals surface area contributed by atoms with E-state index in [4.69, 9.17) is 4.42 Å². The van der Waals surface area contributed by atoms with Crippen LogP contribution in [0.5, 0.6) is 0 Å². The van der Waals surface area contributed by atoms with Crippen molar-refractivity contribution >= 4 is 10.8 Å². The Morgan fingerprint density at radius 1 is 1.18 bits per heavy atom. The van der Waals surface area contributed by atoms with Crippen molar-refractivity contribution in [3.63, 3.8) is 0 Å². The van der Waals surface area contributed by atoms with Crippen LogP contribution in [-0.2, 0) is 23.0 Å². The molecule has 1 heterocycles. The molecule has 2 rings (SSSR count). The van der Waals surface area contributed by atoms with Crippen LogP contribution in [0.4, 0.5) is 8.78 Å². The predicted molar refractivity (Wildman–Crippen MR) is 79.5 cm³/mol. The number of hydrogen-bond acceptors (Lipinski definition) is 4. The molecule has 22 heavy (non-hydrogen) atoms. The summed E-state index contributed by atoms with van der Waals surface area (Å²) < 4.78 is 43.9. The largest absolute Gasteiger partial charge is 0.424 e. The van der Waals surface area contributed by atoms with Gasteiger partial charge in [-0.2, -0.15) is 0 Å². The van der Waals surface area contributed by atoms with Gasteiger partial charge in [0, 0.05) is 23.0 Å². The highest BCUT2D eigenvalue weighted by molar-refractivity contribution is 7.84. The van der Waals surface area contributed by atoms with E-state index in [1.54, 1.807) is 6.92 Å². The molecule has 120 valence electrons. The predicted octanol–water partition coefficient (Wildman–Crippen LogP) is 3.56. The van der Waals surface area contributed by atoms with Crippen molar-refractivity contribution in [2.75, 3.05) is 0 Å². The second-order valence-corrected chi connectivity index (χ2v) is 7.31. The van der Waals surface area contributed by atoms with Crippen LogP contribution in [0.1, 0.15) is 43.4 Å². The first kappa shape index (κ1) is 16.7. The molecule has 0 saturated heterocycles. The van der Waals surface area contributed by atoms with Gasteiger partial charge in [0.05, 0.1) is 0 Å². The Morgan fingerprint density at radius 3 is 2.55 bits per heavy atom. The highest BCUT2D eigenvalue weighted by atomic mass is 32.2. The zero-order valence-electron chi connectivity index (χ0n) is 12.7. The lowest BCUT2D eigenvalue weighted by molar-refractivity contribution is 0.425. The van der Waals surface area contributed by atoms with Gasteiger partial charge in [-0.3, -0.25) is 4.21 Å². The van der Waals surface area contributed by atoms with Gasteiger partial charge in [-0.05, 0) is 30.5 Å². The van der Waals surface area contributed by atoms with Gasteiger partial charge >= 0.3 is 0 Å². The fraction of sp³-hybridized carbons (Fsp3) is 0.467. The first-order chi connectivity index (χ1) is 10.4. The molecule has 0 bridgehead atoms. The first-order valence-corrected chi connectivity index (χ1v) is 8.38. The van der Waals surface area contributed by atoms with E-state index in [0.717, 1.165) is 12.1 Å². The molecule has 0 aliphatic carbocycles. The van der Waals surface area contributed by atoms with Crippen LogP contribution < -0.4 is 0 Å². The van der Waals surface area contributed by atoms with E-state index in [0.29, 0.717) is 29.7 Å². The zero-order valence-corrected chi connectivity index (χ0v) is 13.5. The number of nitrogens with zero attached hydrogens (tertiary/aromatic N) is 2. The Labute approximate surface area is 130 Å². The van der Waals surface area contributed by atoms with E-state index >= 15 is 0 Å². The summed E-state index contributed by atoms with van der Waals surface area (Å²) in [6.45, 7) is 5.78. The van der Waals surface area contributed by atoms with Crippen LogP contribution in [0.3, 0.4) is 0 Å². The third kappa shape index (κ3) is 4.19. The minimum atomic E-state index is -1.37. The molecule has 0 aliphatic heterocycles. The number of halogens is 2. The van der Waals surface area contributed by atoms with Gasteiger partial charge in [-0.1, -0.05) is 19.9 Å². The molecule has 0 spiro atoms. The maximum atomic E-state index is 13.2. The molecule has 2 aromatic rings. The van der Waals surface area contributed by atoms with Crippen LogP contribution >= 0.6 is 0 Å². The minimum absolute atomic E-state index is 0.0975.